The Labute approximate surface area is 154 Å². The summed E-state index contributed by atoms with van der Waals surface area (Å²) in [4.78, 5) is 17.7. The fourth-order valence-corrected chi connectivity index (χ4v) is 3.49. The second-order valence-corrected chi connectivity index (χ2v) is 7.22. The molecule has 26 heavy (non-hydrogen) atoms. The molecule has 1 aliphatic heterocycles. The van der Waals surface area contributed by atoms with Crippen molar-refractivity contribution in [2.75, 3.05) is 39.2 Å². The molecule has 3 rings (SSSR count). The standard InChI is InChI=1S/C20H29N3O3/c1-13(2)26-9-8-23(3)12-14-10-16-18(17(11-14)25-4)19-15(20(24)22-16)6-5-7-21-19/h10-11,13,21H,5-9,12H2,1-4H3,(H,22,24). The molecule has 1 aliphatic rings. The quantitative estimate of drug-likeness (QED) is 0.796. The van der Waals surface area contributed by atoms with Crippen molar-refractivity contribution < 1.29 is 9.47 Å². The molecule has 0 bridgehead atoms. The molecule has 0 fully saturated rings. The first-order chi connectivity index (χ1) is 12.5. The fourth-order valence-electron chi connectivity index (χ4n) is 3.49. The number of benzene rings is 1. The van der Waals surface area contributed by atoms with E-state index in [-0.39, 0.29) is 11.7 Å². The minimum atomic E-state index is -0.00223. The molecule has 0 unspecified atom stereocenters. The van der Waals surface area contributed by atoms with Crippen molar-refractivity contribution >= 4 is 16.6 Å². The van der Waals surface area contributed by atoms with Crippen LogP contribution in [0.15, 0.2) is 16.9 Å². The van der Waals surface area contributed by atoms with E-state index in [0.717, 1.165) is 65.9 Å². The first-order valence-corrected chi connectivity index (χ1v) is 9.29. The van der Waals surface area contributed by atoms with Gasteiger partial charge >= 0.3 is 0 Å². The predicted octanol–water partition coefficient (Wildman–Crippen LogP) is 2.75. The number of aromatic nitrogens is 1. The summed E-state index contributed by atoms with van der Waals surface area (Å²) < 4.78 is 11.3. The number of pyridine rings is 1. The van der Waals surface area contributed by atoms with E-state index < -0.39 is 0 Å². The molecule has 2 aromatic rings. The maximum absolute atomic E-state index is 12.5. The third-order valence-corrected chi connectivity index (χ3v) is 4.74. The average molecular weight is 359 g/mol. The largest absolute Gasteiger partial charge is 0.496 e. The summed E-state index contributed by atoms with van der Waals surface area (Å²) >= 11 is 0. The van der Waals surface area contributed by atoms with Crippen LogP contribution in [-0.4, -0.2) is 49.8 Å². The van der Waals surface area contributed by atoms with E-state index in [0.29, 0.717) is 6.61 Å². The highest BCUT2D eigenvalue weighted by Gasteiger charge is 2.19. The number of aromatic amines is 1. The van der Waals surface area contributed by atoms with Crippen LogP contribution in [0, 0.1) is 0 Å². The molecular weight excluding hydrogens is 330 g/mol. The monoisotopic (exact) mass is 359 g/mol. The number of H-pyrrole nitrogens is 1. The van der Waals surface area contributed by atoms with E-state index in [4.69, 9.17) is 9.47 Å². The normalized spacial score (nSPS) is 13.9. The molecule has 2 N–H and O–H groups in total. The topological polar surface area (TPSA) is 66.6 Å². The number of methoxy groups -OCH3 is 1. The summed E-state index contributed by atoms with van der Waals surface area (Å²) in [5.41, 5.74) is 3.68. The van der Waals surface area contributed by atoms with Crippen molar-refractivity contribution in [2.45, 2.75) is 39.3 Å². The summed E-state index contributed by atoms with van der Waals surface area (Å²) in [5.74, 6) is 0.797. The molecule has 0 radical (unpaired) electrons. The van der Waals surface area contributed by atoms with E-state index in [9.17, 15) is 4.79 Å². The molecule has 0 aliphatic carbocycles. The first kappa shape index (κ1) is 18.7. The van der Waals surface area contributed by atoms with Crippen molar-refractivity contribution in [1.82, 2.24) is 9.88 Å². The predicted molar refractivity (Wildman–Crippen MR) is 105 cm³/mol. The zero-order chi connectivity index (χ0) is 18.7. The van der Waals surface area contributed by atoms with Crippen LogP contribution in [-0.2, 0) is 17.7 Å². The molecule has 142 valence electrons. The summed E-state index contributed by atoms with van der Waals surface area (Å²) in [5, 5.41) is 4.36. The third kappa shape index (κ3) is 4.02. The minimum absolute atomic E-state index is 0.00223. The van der Waals surface area contributed by atoms with Gasteiger partial charge in [-0.15, -0.1) is 0 Å². The molecule has 0 saturated carbocycles. The van der Waals surface area contributed by atoms with Gasteiger partial charge in [-0.25, -0.2) is 0 Å². The van der Waals surface area contributed by atoms with Crippen LogP contribution in [0.25, 0.3) is 10.9 Å². The molecule has 1 aromatic heterocycles. The molecule has 0 saturated heterocycles. The number of nitrogens with one attached hydrogen (secondary N) is 2. The number of anilines is 1. The summed E-state index contributed by atoms with van der Waals surface area (Å²) in [6.45, 7) is 7.28. The van der Waals surface area contributed by atoms with E-state index in [1.165, 1.54) is 0 Å². The lowest BCUT2D eigenvalue weighted by Gasteiger charge is -2.22. The lowest BCUT2D eigenvalue weighted by Crippen LogP contribution is -2.24. The van der Waals surface area contributed by atoms with Gasteiger partial charge in [-0.05, 0) is 51.4 Å². The van der Waals surface area contributed by atoms with Crippen LogP contribution in [0.5, 0.6) is 5.75 Å². The Balaban J connectivity index is 1.90. The molecule has 0 atom stereocenters. The van der Waals surface area contributed by atoms with E-state index >= 15 is 0 Å². The number of likely N-dealkylation sites (N-methyl/N-ethyl adjacent to an activating group) is 1. The smallest absolute Gasteiger partial charge is 0.253 e. The van der Waals surface area contributed by atoms with Crippen LogP contribution in [0.4, 0.5) is 5.69 Å². The lowest BCUT2D eigenvalue weighted by molar-refractivity contribution is 0.0627. The van der Waals surface area contributed by atoms with Crippen molar-refractivity contribution in [2.24, 2.45) is 0 Å². The van der Waals surface area contributed by atoms with Crippen molar-refractivity contribution in [3.8, 4) is 5.75 Å². The van der Waals surface area contributed by atoms with Crippen LogP contribution < -0.4 is 15.6 Å². The summed E-state index contributed by atoms with van der Waals surface area (Å²) in [6, 6.07) is 4.12. The molecule has 0 spiro atoms. The van der Waals surface area contributed by atoms with Gasteiger partial charge in [-0.3, -0.25) is 9.69 Å². The van der Waals surface area contributed by atoms with Gasteiger partial charge in [0.05, 0.1) is 36.4 Å². The number of ether oxygens (including phenoxy) is 2. The first-order valence-electron chi connectivity index (χ1n) is 9.29. The van der Waals surface area contributed by atoms with Crippen LogP contribution in [0.3, 0.4) is 0 Å². The second kappa shape index (κ2) is 8.10. The van der Waals surface area contributed by atoms with E-state index in [2.05, 4.69) is 34.4 Å². The zero-order valence-corrected chi connectivity index (χ0v) is 16.1. The van der Waals surface area contributed by atoms with Gasteiger partial charge in [-0.2, -0.15) is 0 Å². The van der Waals surface area contributed by atoms with Gasteiger partial charge < -0.3 is 19.8 Å². The number of hydrogen-bond donors (Lipinski definition) is 2. The molecule has 1 aromatic carbocycles. The Hall–Kier alpha value is -2.05. The minimum Gasteiger partial charge on any atom is -0.496 e. The molecule has 2 heterocycles. The van der Waals surface area contributed by atoms with Gasteiger partial charge in [0.25, 0.3) is 5.56 Å². The maximum atomic E-state index is 12.5. The van der Waals surface area contributed by atoms with E-state index in [1.807, 2.05) is 13.8 Å². The number of hydrogen-bond acceptors (Lipinski definition) is 5. The maximum Gasteiger partial charge on any atom is 0.253 e. The molecule has 6 nitrogen and oxygen atoms in total. The highest BCUT2D eigenvalue weighted by molar-refractivity contribution is 5.98. The van der Waals surface area contributed by atoms with Gasteiger partial charge in [-0.1, -0.05) is 0 Å². The van der Waals surface area contributed by atoms with Gasteiger partial charge in [0.15, 0.2) is 0 Å². The zero-order valence-electron chi connectivity index (χ0n) is 16.1. The van der Waals surface area contributed by atoms with Crippen LogP contribution in [0.2, 0.25) is 0 Å². The van der Waals surface area contributed by atoms with Crippen LogP contribution in [0.1, 0.15) is 31.4 Å². The Bertz CT molecular complexity index is 829. The molecular formula is C20H29N3O3. The summed E-state index contributed by atoms with van der Waals surface area (Å²) in [7, 11) is 3.75. The highest BCUT2D eigenvalue weighted by atomic mass is 16.5. The average Bonchev–Trinajstić information content (AvgIpc) is 2.60. The number of rotatable bonds is 7. The number of fused-ring (bicyclic) bond motifs is 3. The number of nitrogens with zero attached hydrogens (tertiary/aromatic N) is 1. The van der Waals surface area contributed by atoms with Crippen molar-refractivity contribution in [3.63, 3.8) is 0 Å². The Morgan fingerprint density at radius 2 is 2.12 bits per heavy atom. The van der Waals surface area contributed by atoms with Crippen molar-refractivity contribution in [1.29, 1.82) is 0 Å². The Morgan fingerprint density at radius 3 is 2.85 bits per heavy atom. The SMILES string of the molecule is COc1cc(CN(C)CCOC(C)C)cc2[nH]c(=O)c3c(c12)NCCC3. The lowest BCUT2D eigenvalue weighted by atomic mass is 9.99. The highest BCUT2D eigenvalue weighted by Crippen LogP contribution is 2.35. The van der Waals surface area contributed by atoms with Crippen LogP contribution >= 0.6 is 0 Å². The van der Waals surface area contributed by atoms with E-state index in [1.54, 1.807) is 7.11 Å². The molecule has 6 heteroatoms. The summed E-state index contributed by atoms with van der Waals surface area (Å²) in [6.07, 6.45) is 2.02. The Morgan fingerprint density at radius 1 is 1.31 bits per heavy atom. The Kier molecular flexibility index (Phi) is 5.84. The van der Waals surface area contributed by atoms with Gasteiger partial charge in [0, 0.05) is 25.2 Å². The third-order valence-electron chi connectivity index (χ3n) is 4.74. The molecule has 0 amide bonds. The van der Waals surface area contributed by atoms with Gasteiger partial charge in [0.1, 0.15) is 5.75 Å². The fraction of sp³-hybridized carbons (Fsp3) is 0.550. The second-order valence-electron chi connectivity index (χ2n) is 7.22. The van der Waals surface area contributed by atoms with Crippen molar-refractivity contribution in [3.05, 3.63) is 33.6 Å². The van der Waals surface area contributed by atoms with Gasteiger partial charge in [0.2, 0.25) is 0 Å².